The zero-order chi connectivity index (χ0) is 23.1. The molecule has 0 saturated heterocycles. The third kappa shape index (κ3) is 5.40. The highest BCUT2D eigenvalue weighted by atomic mass is 32.2. The van der Waals surface area contributed by atoms with E-state index in [9.17, 15) is 23.7 Å². The monoisotopic (exact) mass is 443 g/mol. The Balaban J connectivity index is 1.77. The highest BCUT2D eigenvalue weighted by molar-refractivity contribution is 7.92. The molecule has 0 fully saturated rings. The quantitative estimate of drug-likeness (QED) is 0.502. The molecule has 0 spiro atoms. The number of nitriles is 2. The van der Waals surface area contributed by atoms with Crippen LogP contribution in [-0.4, -0.2) is 14.2 Å². The lowest BCUT2D eigenvalue weighted by molar-refractivity contribution is 0.0971. The van der Waals surface area contributed by atoms with Crippen LogP contribution in [0.15, 0.2) is 83.8 Å². The Morgan fingerprint density at radius 1 is 0.906 bits per heavy atom. The zero-order valence-corrected chi connectivity index (χ0v) is 18.2. The zero-order valence-electron chi connectivity index (χ0n) is 17.4. The normalized spacial score (nSPS) is 11.9. The van der Waals surface area contributed by atoms with E-state index in [2.05, 4.69) is 4.72 Å². The first-order valence-electron chi connectivity index (χ1n) is 9.91. The molecule has 3 aromatic carbocycles. The van der Waals surface area contributed by atoms with E-state index in [0.29, 0.717) is 11.3 Å². The van der Waals surface area contributed by atoms with Gasteiger partial charge in [0.1, 0.15) is 5.92 Å². The Hall–Kier alpha value is -3.94. The number of ketones is 1. The van der Waals surface area contributed by atoms with Gasteiger partial charge in [0, 0.05) is 23.6 Å². The second-order valence-electron chi connectivity index (χ2n) is 7.38. The lowest BCUT2D eigenvalue weighted by atomic mass is 9.82. The number of nitrogens with one attached hydrogen (secondary N) is 1. The van der Waals surface area contributed by atoms with Crippen LogP contribution >= 0.6 is 0 Å². The predicted molar refractivity (Wildman–Crippen MR) is 121 cm³/mol. The van der Waals surface area contributed by atoms with Crippen LogP contribution in [0.3, 0.4) is 0 Å². The summed E-state index contributed by atoms with van der Waals surface area (Å²) in [7, 11) is -3.73. The van der Waals surface area contributed by atoms with Crippen molar-refractivity contribution in [3.63, 3.8) is 0 Å². The number of benzene rings is 3. The molecule has 0 heterocycles. The van der Waals surface area contributed by atoms with Crippen LogP contribution in [0.1, 0.15) is 33.8 Å². The fourth-order valence-electron chi connectivity index (χ4n) is 3.31. The van der Waals surface area contributed by atoms with E-state index in [4.69, 9.17) is 0 Å². The Kier molecular flexibility index (Phi) is 7.04. The number of carbonyl (C=O) groups excluding carboxylic acids is 1. The molecule has 7 heteroatoms. The molecule has 3 aromatic rings. The third-order valence-electron chi connectivity index (χ3n) is 5.10. The molecule has 0 bridgehead atoms. The summed E-state index contributed by atoms with van der Waals surface area (Å²) in [5, 5.41) is 18.8. The minimum atomic E-state index is -3.73. The summed E-state index contributed by atoms with van der Waals surface area (Å²) in [5.74, 6) is -1.75. The van der Waals surface area contributed by atoms with Gasteiger partial charge in [-0.1, -0.05) is 48.0 Å². The Labute approximate surface area is 187 Å². The Morgan fingerprint density at radius 2 is 1.50 bits per heavy atom. The number of anilines is 1. The lowest BCUT2D eigenvalue weighted by Crippen LogP contribution is -2.15. The van der Waals surface area contributed by atoms with E-state index < -0.39 is 21.9 Å². The second kappa shape index (κ2) is 9.91. The van der Waals surface area contributed by atoms with Crippen molar-refractivity contribution in [2.45, 2.75) is 24.2 Å². The van der Waals surface area contributed by atoms with Crippen molar-refractivity contribution in [3.8, 4) is 12.1 Å². The smallest absolute Gasteiger partial charge is 0.261 e. The van der Waals surface area contributed by atoms with Gasteiger partial charge in [0.2, 0.25) is 0 Å². The average molecular weight is 444 g/mol. The van der Waals surface area contributed by atoms with Crippen LogP contribution in [0.5, 0.6) is 0 Å². The third-order valence-corrected chi connectivity index (χ3v) is 6.50. The topological polar surface area (TPSA) is 111 Å². The molecular formula is C25H21N3O3S. The first-order chi connectivity index (χ1) is 15.3. The highest BCUT2D eigenvalue weighted by Crippen LogP contribution is 2.30. The maximum Gasteiger partial charge on any atom is 0.261 e. The fraction of sp³-hybridized carbons (Fsp3) is 0.160. The van der Waals surface area contributed by atoms with Gasteiger partial charge < -0.3 is 0 Å². The summed E-state index contributed by atoms with van der Waals surface area (Å²) in [6.45, 7) is 1.93. The molecule has 1 atom stereocenters. The number of hydrogen-bond donors (Lipinski definition) is 1. The maximum absolute atomic E-state index is 12.9. The van der Waals surface area contributed by atoms with Crippen LogP contribution in [0.25, 0.3) is 0 Å². The molecular weight excluding hydrogens is 422 g/mol. The van der Waals surface area contributed by atoms with Crippen molar-refractivity contribution in [2.75, 3.05) is 4.72 Å². The molecule has 1 unspecified atom stereocenters. The molecule has 32 heavy (non-hydrogen) atoms. The van der Waals surface area contributed by atoms with Crippen LogP contribution in [0.2, 0.25) is 0 Å². The first kappa shape index (κ1) is 22.7. The largest absolute Gasteiger partial charge is 0.294 e. The van der Waals surface area contributed by atoms with Gasteiger partial charge in [-0.3, -0.25) is 9.52 Å². The molecule has 0 amide bonds. The molecule has 0 aliphatic carbocycles. The summed E-state index contributed by atoms with van der Waals surface area (Å²) in [4.78, 5) is 13.0. The van der Waals surface area contributed by atoms with Crippen molar-refractivity contribution >= 4 is 21.5 Å². The van der Waals surface area contributed by atoms with Gasteiger partial charge in [-0.05, 0) is 48.9 Å². The molecule has 0 aliphatic heterocycles. The summed E-state index contributed by atoms with van der Waals surface area (Å²) in [6, 6.07) is 25.5. The summed E-state index contributed by atoms with van der Waals surface area (Å²) < 4.78 is 27.4. The van der Waals surface area contributed by atoms with E-state index in [1.54, 1.807) is 18.2 Å². The molecule has 0 radical (unpaired) electrons. The van der Waals surface area contributed by atoms with Gasteiger partial charge in [-0.2, -0.15) is 10.5 Å². The molecule has 3 rings (SSSR count). The minimum absolute atomic E-state index is 0.00998. The summed E-state index contributed by atoms with van der Waals surface area (Å²) in [5.41, 5.74) is 2.49. The number of Topliss-reactive ketones (excluding diaryl/α,β-unsaturated/α-hetero) is 1. The van der Waals surface area contributed by atoms with Crippen LogP contribution < -0.4 is 4.72 Å². The lowest BCUT2D eigenvalue weighted by Gasteiger charge is -2.17. The van der Waals surface area contributed by atoms with Gasteiger partial charge in [0.05, 0.1) is 17.0 Å². The van der Waals surface area contributed by atoms with E-state index in [1.807, 2.05) is 43.3 Å². The SMILES string of the molecule is Cc1ccc(C(CC(=O)c2ccc(NS(=O)(=O)c3ccccc3)cc2)C(C#N)C#N)cc1. The van der Waals surface area contributed by atoms with Crippen molar-refractivity contribution in [3.05, 3.63) is 95.6 Å². The summed E-state index contributed by atoms with van der Waals surface area (Å²) in [6.07, 6.45) is -0.00998. The summed E-state index contributed by atoms with van der Waals surface area (Å²) >= 11 is 0. The van der Waals surface area contributed by atoms with Crippen molar-refractivity contribution in [1.29, 1.82) is 10.5 Å². The Bertz CT molecular complexity index is 1260. The highest BCUT2D eigenvalue weighted by Gasteiger charge is 2.26. The van der Waals surface area contributed by atoms with Crippen molar-refractivity contribution in [1.82, 2.24) is 0 Å². The number of carbonyl (C=O) groups is 1. The van der Waals surface area contributed by atoms with Gasteiger partial charge in [-0.15, -0.1) is 0 Å². The minimum Gasteiger partial charge on any atom is -0.294 e. The van der Waals surface area contributed by atoms with Crippen molar-refractivity contribution in [2.24, 2.45) is 5.92 Å². The maximum atomic E-state index is 12.9. The second-order valence-corrected chi connectivity index (χ2v) is 9.06. The van der Waals surface area contributed by atoms with Crippen molar-refractivity contribution < 1.29 is 13.2 Å². The number of hydrogen-bond acceptors (Lipinski definition) is 5. The van der Waals surface area contributed by atoms with Gasteiger partial charge in [0.25, 0.3) is 10.0 Å². The van der Waals surface area contributed by atoms with Gasteiger partial charge in [0.15, 0.2) is 5.78 Å². The molecule has 160 valence electrons. The van der Waals surface area contributed by atoms with Crippen LogP contribution in [0.4, 0.5) is 5.69 Å². The molecule has 0 aliphatic rings. The molecule has 0 saturated carbocycles. The van der Waals surface area contributed by atoms with Crippen LogP contribution in [0, 0.1) is 35.5 Å². The van der Waals surface area contributed by atoms with E-state index in [-0.39, 0.29) is 17.1 Å². The standard InChI is InChI=1S/C25H21N3O3S/c1-18-7-9-19(10-8-18)24(21(16-26)17-27)15-25(29)20-11-13-22(14-12-20)28-32(30,31)23-5-3-2-4-6-23/h2-14,21,24,28H,15H2,1H3. The van der Waals surface area contributed by atoms with Gasteiger partial charge >= 0.3 is 0 Å². The van der Waals surface area contributed by atoms with E-state index >= 15 is 0 Å². The van der Waals surface area contributed by atoms with E-state index in [1.165, 1.54) is 36.4 Å². The van der Waals surface area contributed by atoms with Gasteiger partial charge in [-0.25, -0.2) is 8.42 Å². The molecule has 6 nitrogen and oxygen atoms in total. The van der Waals surface area contributed by atoms with Crippen LogP contribution in [-0.2, 0) is 10.0 Å². The number of rotatable bonds is 8. The predicted octanol–water partition coefficient (Wildman–Crippen LogP) is 4.82. The van der Waals surface area contributed by atoms with E-state index in [0.717, 1.165) is 11.1 Å². The Morgan fingerprint density at radius 3 is 2.06 bits per heavy atom. The fourth-order valence-corrected chi connectivity index (χ4v) is 4.39. The number of nitrogens with zero attached hydrogens (tertiary/aromatic N) is 2. The average Bonchev–Trinajstić information content (AvgIpc) is 2.80. The first-order valence-corrected chi connectivity index (χ1v) is 11.4. The number of sulfonamides is 1. The molecule has 1 N–H and O–H groups in total. The number of aryl methyl sites for hydroxylation is 1. The molecule has 0 aromatic heterocycles.